The largest absolute Gasteiger partial charge is 0.497 e. The summed E-state index contributed by atoms with van der Waals surface area (Å²) in [7, 11) is 1.59. The number of methoxy groups -OCH3 is 1. The normalized spacial score (nSPS) is 10.7. The molecule has 0 aliphatic carbocycles. The summed E-state index contributed by atoms with van der Waals surface area (Å²) in [6.07, 6.45) is 0. The standard InChI is InChI=1S/C24H19ClFN3O2/c1-31-19-6-4-5-17(13-19)21-14-23(29(28-21)22-8-3-2-7-20(22)25)24(30)27-15-16-9-11-18(26)12-10-16/h2-14H,15H2,1H3,(H,27,30). The number of carbonyl (C=O) groups excluding carboxylic acids is 1. The lowest BCUT2D eigenvalue weighted by molar-refractivity contribution is 0.0943. The zero-order valence-electron chi connectivity index (χ0n) is 16.7. The Labute approximate surface area is 184 Å². The van der Waals surface area contributed by atoms with E-state index in [-0.39, 0.29) is 18.3 Å². The fraction of sp³-hybridized carbons (Fsp3) is 0.0833. The van der Waals surface area contributed by atoms with Gasteiger partial charge < -0.3 is 10.1 Å². The van der Waals surface area contributed by atoms with E-state index in [0.717, 1.165) is 11.1 Å². The Bertz CT molecular complexity index is 1220. The number of ether oxygens (including phenoxy) is 1. The predicted molar refractivity (Wildman–Crippen MR) is 118 cm³/mol. The lowest BCUT2D eigenvalue weighted by atomic mass is 10.1. The van der Waals surface area contributed by atoms with Crippen molar-refractivity contribution in [2.24, 2.45) is 0 Å². The van der Waals surface area contributed by atoms with Crippen molar-refractivity contribution < 1.29 is 13.9 Å². The number of amides is 1. The molecular weight excluding hydrogens is 417 g/mol. The van der Waals surface area contributed by atoms with Crippen molar-refractivity contribution in [1.82, 2.24) is 15.1 Å². The summed E-state index contributed by atoms with van der Waals surface area (Å²) in [6, 6.07) is 22.3. The van der Waals surface area contributed by atoms with Gasteiger partial charge in [-0.15, -0.1) is 0 Å². The fourth-order valence-electron chi connectivity index (χ4n) is 3.15. The van der Waals surface area contributed by atoms with Crippen LogP contribution in [0, 0.1) is 5.82 Å². The Morgan fingerprint density at radius 3 is 2.58 bits per heavy atom. The molecule has 31 heavy (non-hydrogen) atoms. The maximum atomic E-state index is 13.1. The number of aromatic nitrogens is 2. The van der Waals surface area contributed by atoms with E-state index in [2.05, 4.69) is 10.4 Å². The summed E-state index contributed by atoms with van der Waals surface area (Å²) >= 11 is 6.38. The Morgan fingerprint density at radius 2 is 1.84 bits per heavy atom. The molecule has 3 aromatic carbocycles. The van der Waals surface area contributed by atoms with E-state index in [1.54, 1.807) is 37.4 Å². The first kappa shape index (κ1) is 20.6. The predicted octanol–water partition coefficient (Wildman–Crippen LogP) is 5.27. The molecule has 156 valence electrons. The van der Waals surface area contributed by atoms with Crippen LogP contribution in [-0.4, -0.2) is 22.8 Å². The first-order chi connectivity index (χ1) is 15.0. The van der Waals surface area contributed by atoms with Crippen LogP contribution in [0.3, 0.4) is 0 Å². The van der Waals surface area contributed by atoms with Crippen LogP contribution in [0.4, 0.5) is 4.39 Å². The molecule has 1 heterocycles. The molecule has 0 bridgehead atoms. The third-order valence-corrected chi connectivity index (χ3v) is 5.07. The van der Waals surface area contributed by atoms with Crippen molar-refractivity contribution in [2.45, 2.75) is 6.54 Å². The van der Waals surface area contributed by atoms with Crippen molar-refractivity contribution in [3.63, 3.8) is 0 Å². The van der Waals surface area contributed by atoms with Gasteiger partial charge in [0.05, 0.1) is 23.5 Å². The number of nitrogens with zero attached hydrogens (tertiary/aromatic N) is 2. The number of nitrogens with one attached hydrogen (secondary N) is 1. The first-order valence-corrected chi connectivity index (χ1v) is 9.95. The maximum Gasteiger partial charge on any atom is 0.270 e. The summed E-state index contributed by atoms with van der Waals surface area (Å²) in [6.45, 7) is 0.251. The highest BCUT2D eigenvalue weighted by Gasteiger charge is 2.19. The minimum atomic E-state index is -0.328. The first-order valence-electron chi connectivity index (χ1n) is 9.57. The Morgan fingerprint density at radius 1 is 1.06 bits per heavy atom. The van der Waals surface area contributed by atoms with Crippen LogP contribution in [0.25, 0.3) is 16.9 Å². The minimum absolute atomic E-state index is 0.251. The van der Waals surface area contributed by atoms with E-state index in [4.69, 9.17) is 16.3 Å². The van der Waals surface area contributed by atoms with Crippen LogP contribution >= 0.6 is 11.6 Å². The topological polar surface area (TPSA) is 56.1 Å². The molecule has 4 aromatic rings. The Hall–Kier alpha value is -3.64. The number of carbonyl (C=O) groups is 1. The summed E-state index contributed by atoms with van der Waals surface area (Å²) in [5.41, 5.74) is 3.10. The van der Waals surface area contributed by atoms with Crippen LogP contribution in [0.15, 0.2) is 78.9 Å². The van der Waals surface area contributed by atoms with Gasteiger partial charge in [0.2, 0.25) is 0 Å². The van der Waals surface area contributed by atoms with Crippen LogP contribution in [-0.2, 0) is 6.54 Å². The van der Waals surface area contributed by atoms with Gasteiger partial charge in [0.1, 0.15) is 17.3 Å². The van der Waals surface area contributed by atoms with Gasteiger partial charge in [0.15, 0.2) is 0 Å². The van der Waals surface area contributed by atoms with E-state index < -0.39 is 0 Å². The van der Waals surface area contributed by atoms with Gasteiger partial charge in [-0.3, -0.25) is 4.79 Å². The summed E-state index contributed by atoms with van der Waals surface area (Å²) < 4.78 is 20.0. The highest BCUT2D eigenvalue weighted by Crippen LogP contribution is 2.27. The van der Waals surface area contributed by atoms with Crippen LogP contribution in [0.2, 0.25) is 5.02 Å². The molecule has 1 amide bonds. The van der Waals surface area contributed by atoms with E-state index in [1.807, 2.05) is 36.4 Å². The van der Waals surface area contributed by atoms with E-state index in [1.165, 1.54) is 16.8 Å². The molecule has 0 unspecified atom stereocenters. The van der Waals surface area contributed by atoms with E-state index >= 15 is 0 Å². The number of hydrogen-bond donors (Lipinski definition) is 1. The highest BCUT2D eigenvalue weighted by molar-refractivity contribution is 6.32. The van der Waals surface area contributed by atoms with Crippen LogP contribution in [0.5, 0.6) is 5.75 Å². The molecule has 0 radical (unpaired) electrons. The molecule has 1 N–H and O–H groups in total. The van der Waals surface area contributed by atoms with Crippen molar-refractivity contribution in [2.75, 3.05) is 7.11 Å². The smallest absolute Gasteiger partial charge is 0.270 e. The van der Waals surface area contributed by atoms with E-state index in [0.29, 0.717) is 27.8 Å². The van der Waals surface area contributed by atoms with Crippen molar-refractivity contribution >= 4 is 17.5 Å². The molecule has 7 heteroatoms. The van der Waals surface area contributed by atoms with Gasteiger partial charge in [0, 0.05) is 12.1 Å². The summed E-state index contributed by atoms with van der Waals surface area (Å²) in [4.78, 5) is 13.0. The minimum Gasteiger partial charge on any atom is -0.497 e. The summed E-state index contributed by atoms with van der Waals surface area (Å²) in [5.74, 6) is 0.0350. The van der Waals surface area contributed by atoms with Gasteiger partial charge in [-0.05, 0) is 48.0 Å². The van der Waals surface area contributed by atoms with Gasteiger partial charge >= 0.3 is 0 Å². The zero-order valence-corrected chi connectivity index (χ0v) is 17.4. The number of benzene rings is 3. The van der Waals surface area contributed by atoms with Gasteiger partial charge in [0.25, 0.3) is 5.91 Å². The Balaban J connectivity index is 1.70. The number of halogens is 2. The fourth-order valence-corrected chi connectivity index (χ4v) is 3.36. The number of para-hydroxylation sites is 1. The van der Waals surface area contributed by atoms with Gasteiger partial charge in [-0.2, -0.15) is 5.10 Å². The van der Waals surface area contributed by atoms with Crippen LogP contribution in [0.1, 0.15) is 16.1 Å². The monoisotopic (exact) mass is 435 g/mol. The summed E-state index contributed by atoms with van der Waals surface area (Å²) in [5, 5.41) is 7.97. The lowest BCUT2D eigenvalue weighted by Gasteiger charge is -2.10. The van der Waals surface area contributed by atoms with Gasteiger partial charge in [-0.1, -0.05) is 48.0 Å². The average Bonchev–Trinajstić information content (AvgIpc) is 3.24. The molecular formula is C24H19ClFN3O2. The number of hydrogen-bond acceptors (Lipinski definition) is 3. The second-order valence-electron chi connectivity index (χ2n) is 6.82. The molecule has 4 rings (SSSR count). The van der Waals surface area contributed by atoms with Crippen molar-refractivity contribution in [1.29, 1.82) is 0 Å². The average molecular weight is 436 g/mol. The maximum absolute atomic E-state index is 13.1. The molecule has 0 atom stereocenters. The molecule has 0 saturated heterocycles. The molecule has 0 saturated carbocycles. The highest BCUT2D eigenvalue weighted by atomic mass is 35.5. The third-order valence-electron chi connectivity index (χ3n) is 4.75. The number of rotatable bonds is 6. The molecule has 0 aliphatic heterocycles. The van der Waals surface area contributed by atoms with Gasteiger partial charge in [-0.25, -0.2) is 9.07 Å². The lowest BCUT2D eigenvalue weighted by Crippen LogP contribution is -2.25. The molecule has 5 nitrogen and oxygen atoms in total. The zero-order chi connectivity index (χ0) is 21.8. The van der Waals surface area contributed by atoms with Crippen LogP contribution < -0.4 is 10.1 Å². The Kier molecular flexibility index (Phi) is 6.00. The second kappa shape index (κ2) is 9.02. The molecule has 0 fully saturated rings. The molecule has 0 aliphatic rings. The van der Waals surface area contributed by atoms with Crippen molar-refractivity contribution in [3.8, 4) is 22.7 Å². The molecule has 0 spiro atoms. The van der Waals surface area contributed by atoms with E-state index in [9.17, 15) is 9.18 Å². The SMILES string of the molecule is COc1cccc(-c2cc(C(=O)NCc3ccc(F)cc3)n(-c3ccccc3Cl)n2)c1. The third kappa shape index (κ3) is 4.59. The quantitative estimate of drug-likeness (QED) is 0.449. The van der Waals surface area contributed by atoms with Crippen molar-refractivity contribution in [3.05, 3.63) is 101 Å². The molecule has 1 aromatic heterocycles. The second-order valence-corrected chi connectivity index (χ2v) is 7.23.